The quantitative estimate of drug-likeness (QED) is 0.869. The summed E-state index contributed by atoms with van der Waals surface area (Å²) in [6.45, 7) is 5.50. The zero-order valence-electron chi connectivity index (χ0n) is 13.4. The van der Waals surface area contributed by atoms with E-state index in [0.29, 0.717) is 28.2 Å². The predicted octanol–water partition coefficient (Wildman–Crippen LogP) is 1.79. The predicted molar refractivity (Wildman–Crippen MR) is 86.9 cm³/mol. The van der Waals surface area contributed by atoms with Crippen LogP contribution in [0.4, 0.5) is 5.95 Å². The molecule has 1 aliphatic rings. The summed E-state index contributed by atoms with van der Waals surface area (Å²) in [5.41, 5.74) is 0.893. The number of aromatic amines is 1. The number of nitrogens with zero attached hydrogens (tertiary/aromatic N) is 3. The number of anilines is 1. The zero-order chi connectivity index (χ0) is 16.4. The maximum absolute atomic E-state index is 12.4. The van der Waals surface area contributed by atoms with Crippen LogP contribution < -0.4 is 10.5 Å². The van der Waals surface area contributed by atoms with Gasteiger partial charge in [0.05, 0.1) is 23.3 Å². The second kappa shape index (κ2) is 6.36. The summed E-state index contributed by atoms with van der Waals surface area (Å²) in [4.78, 5) is 38.0. The van der Waals surface area contributed by atoms with Gasteiger partial charge in [-0.1, -0.05) is 0 Å². The Morgan fingerprint density at radius 1 is 1.30 bits per heavy atom. The molecule has 0 radical (unpaired) electrons. The summed E-state index contributed by atoms with van der Waals surface area (Å²) in [5, 5.41) is 0.305. The van der Waals surface area contributed by atoms with Gasteiger partial charge in [-0.25, -0.2) is 9.78 Å². The molecule has 2 aromatic heterocycles. The van der Waals surface area contributed by atoms with Gasteiger partial charge in [0.15, 0.2) is 5.65 Å². The van der Waals surface area contributed by atoms with Crippen LogP contribution in [0.1, 0.15) is 42.2 Å². The number of esters is 1. The molecule has 1 fully saturated rings. The fraction of sp³-hybridized carbons (Fsp3) is 0.500. The summed E-state index contributed by atoms with van der Waals surface area (Å²) in [6.07, 6.45) is 3.39. The molecule has 0 atom stereocenters. The molecular formula is C16H20N4O3. The van der Waals surface area contributed by atoms with Gasteiger partial charge in [-0.15, -0.1) is 0 Å². The Labute approximate surface area is 133 Å². The monoisotopic (exact) mass is 316 g/mol. The van der Waals surface area contributed by atoms with Gasteiger partial charge in [-0.2, -0.15) is 4.98 Å². The molecule has 7 heteroatoms. The summed E-state index contributed by atoms with van der Waals surface area (Å²) in [7, 11) is 0. The number of H-pyrrole nitrogens is 1. The van der Waals surface area contributed by atoms with Crippen LogP contribution in [0.2, 0.25) is 0 Å². The smallest absolute Gasteiger partial charge is 0.339 e. The van der Waals surface area contributed by atoms with Crippen LogP contribution in [-0.2, 0) is 4.74 Å². The number of hydrogen-bond donors (Lipinski definition) is 1. The van der Waals surface area contributed by atoms with Crippen molar-refractivity contribution in [2.75, 3.05) is 24.6 Å². The number of fused-ring (bicyclic) bond motifs is 1. The SMILES string of the molecule is CCOC(=O)c1cc2c(=O)[nH]c(N3CCCCC3)nc2nc1C. The number of nitrogens with one attached hydrogen (secondary N) is 1. The fourth-order valence-corrected chi connectivity index (χ4v) is 2.81. The van der Waals surface area contributed by atoms with Crippen molar-refractivity contribution < 1.29 is 9.53 Å². The van der Waals surface area contributed by atoms with Gasteiger partial charge in [0.2, 0.25) is 5.95 Å². The molecule has 0 aromatic carbocycles. The number of aromatic nitrogens is 3. The Hall–Kier alpha value is -2.44. The standard InChI is InChI=1S/C16H20N4O3/c1-3-23-15(22)11-9-12-13(17-10(11)2)18-16(19-14(12)21)20-7-5-4-6-8-20/h9H,3-8H2,1-2H3,(H,17,18,19,21). The van der Waals surface area contributed by atoms with Gasteiger partial charge in [-0.3, -0.25) is 9.78 Å². The Morgan fingerprint density at radius 3 is 2.74 bits per heavy atom. The van der Waals surface area contributed by atoms with Gasteiger partial charge in [0.1, 0.15) is 0 Å². The zero-order valence-corrected chi connectivity index (χ0v) is 13.4. The minimum absolute atomic E-state index is 0.277. The molecule has 0 saturated carbocycles. The van der Waals surface area contributed by atoms with E-state index in [1.54, 1.807) is 13.8 Å². The van der Waals surface area contributed by atoms with Crippen LogP contribution in [0.5, 0.6) is 0 Å². The first-order valence-corrected chi connectivity index (χ1v) is 7.94. The van der Waals surface area contributed by atoms with Crippen molar-refractivity contribution in [2.24, 2.45) is 0 Å². The largest absolute Gasteiger partial charge is 0.462 e. The van der Waals surface area contributed by atoms with Crippen LogP contribution in [-0.4, -0.2) is 40.6 Å². The minimum Gasteiger partial charge on any atom is -0.462 e. The molecule has 3 rings (SSSR count). The molecule has 122 valence electrons. The number of aryl methyl sites for hydroxylation is 1. The Balaban J connectivity index is 2.06. The number of carbonyl (C=O) groups is 1. The van der Waals surface area contributed by atoms with E-state index in [1.165, 1.54) is 12.5 Å². The summed E-state index contributed by atoms with van der Waals surface area (Å²) in [5.74, 6) is 0.0805. The van der Waals surface area contributed by atoms with E-state index in [4.69, 9.17) is 4.74 Å². The lowest BCUT2D eigenvalue weighted by atomic mass is 10.1. The Morgan fingerprint density at radius 2 is 2.04 bits per heavy atom. The van der Waals surface area contributed by atoms with E-state index in [0.717, 1.165) is 25.9 Å². The van der Waals surface area contributed by atoms with Gasteiger partial charge in [-0.05, 0) is 39.2 Å². The van der Waals surface area contributed by atoms with E-state index in [-0.39, 0.29) is 12.2 Å². The maximum Gasteiger partial charge on any atom is 0.339 e. The Bertz CT molecular complexity index is 794. The van der Waals surface area contributed by atoms with E-state index in [2.05, 4.69) is 19.9 Å². The summed E-state index contributed by atoms with van der Waals surface area (Å²) >= 11 is 0. The molecule has 1 saturated heterocycles. The van der Waals surface area contributed by atoms with Gasteiger partial charge < -0.3 is 9.64 Å². The molecule has 0 bridgehead atoms. The number of rotatable bonds is 3. The highest BCUT2D eigenvalue weighted by Gasteiger charge is 2.18. The first-order chi connectivity index (χ1) is 11.1. The topological polar surface area (TPSA) is 88.2 Å². The molecule has 0 unspecified atom stereocenters. The van der Waals surface area contributed by atoms with Crippen molar-refractivity contribution in [2.45, 2.75) is 33.1 Å². The normalized spacial score (nSPS) is 15.0. The highest BCUT2D eigenvalue weighted by molar-refractivity contribution is 5.94. The van der Waals surface area contributed by atoms with E-state index in [9.17, 15) is 9.59 Å². The van der Waals surface area contributed by atoms with Crippen LogP contribution in [0.15, 0.2) is 10.9 Å². The lowest BCUT2D eigenvalue weighted by molar-refractivity contribution is 0.0525. The highest BCUT2D eigenvalue weighted by atomic mass is 16.5. The van der Waals surface area contributed by atoms with Crippen molar-refractivity contribution in [1.29, 1.82) is 0 Å². The molecule has 1 N–H and O–H groups in total. The molecule has 7 nitrogen and oxygen atoms in total. The van der Waals surface area contributed by atoms with Crippen LogP contribution in [0.25, 0.3) is 11.0 Å². The van der Waals surface area contributed by atoms with Crippen molar-refractivity contribution in [3.05, 3.63) is 27.7 Å². The molecule has 2 aromatic rings. The van der Waals surface area contributed by atoms with Gasteiger partial charge in [0.25, 0.3) is 5.56 Å². The van der Waals surface area contributed by atoms with E-state index in [1.807, 2.05) is 0 Å². The van der Waals surface area contributed by atoms with Gasteiger partial charge >= 0.3 is 5.97 Å². The average molecular weight is 316 g/mol. The average Bonchev–Trinajstić information content (AvgIpc) is 2.55. The molecule has 23 heavy (non-hydrogen) atoms. The number of ether oxygens (including phenoxy) is 1. The first kappa shape index (κ1) is 15.5. The minimum atomic E-state index is -0.473. The molecule has 1 aliphatic heterocycles. The number of carbonyl (C=O) groups excluding carboxylic acids is 1. The molecular weight excluding hydrogens is 296 g/mol. The number of hydrogen-bond acceptors (Lipinski definition) is 6. The van der Waals surface area contributed by atoms with Crippen LogP contribution in [0.3, 0.4) is 0 Å². The third kappa shape index (κ3) is 3.04. The molecule has 0 amide bonds. The van der Waals surface area contributed by atoms with Crippen molar-refractivity contribution in [3.63, 3.8) is 0 Å². The molecule has 0 aliphatic carbocycles. The number of piperidine rings is 1. The number of pyridine rings is 1. The summed E-state index contributed by atoms with van der Waals surface area (Å²) in [6, 6.07) is 1.52. The van der Waals surface area contributed by atoms with Crippen molar-refractivity contribution >= 4 is 23.0 Å². The maximum atomic E-state index is 12.4. The molecule has 3 heterocycles. The van der Waals surface area contributed by atoms with E-state index >= 15 is 0 Å². The van der Waals surface area contributed by atoms with Crippen molar-refractivity contribution in [3.8, 4) is 0 Å². The molecule has 0 spiro atoms. The third-order valence-electron chi connectivity index (χ3n) is 4.03. The Kier molecular flexibility index (Phi) is 4.27. The fourth-order valence-electron chi connectivity index (χ4n) is 2.81. The second-order valence-corrected chi connectivity index (χ2v) is 5.65. The van der Waals surface area contributed by atoms with E-state index < -0.39 is 5.97 Å². The second-order valence-electron chi connectivity index (χ2n) is 5.65. The van der Waals surface area contributed by atoms with Crippen molar-refractivity contribution in [1.82, 2.24) is 15.0 Å². The summed E-state index contributed by atoms with van der Waals surface area (Å²) < 4.78 is 5.00. The highest BCUT2D eigenvalue weighted by Crippen LogP contribution is 2.18. The third-order valence-corrected chi connectivity index (χ3v) is 4.03. The lowest BCUT2D eigenvalue weighted by Crippen LogP contribution is -2.32. The first-order valence-electron chi connectivity index (χ1n) is 7.94. The van der Waals surface area contributed by atoms with Gasteiger partial charge in [0, 0.05) is 13.1 Å². The van der Waals surface area contributed by atoms with Crippen LogP contribution in [0, 0.1) is 6.92 Å². The lowest BCUT2D eigenvalue weighted by Gasteiger charge is -2.26. The van der Waals surface area contributed by atoms with Crippen LogP contribution >= 0.6 is 0 Å².